The van der Waals surface area contributed by atoms with Crippen LogP contribution < -0.4 is 5.73 Å². The molecule has 0 aromatic rings. The standard InChI is InChI=1S/C9H17NO/c10-7-8(5-6-8)9(11)3-1-2-4-9/h11H,1-7,10H2. The molecule has 2 saturated carbocycles. The molecule has 11 heavy (non-hydrogen) atoms. The van der Waals surface area contributed by atoms with E-state index in [9.17, 15) is 5.11 Å². The van der Waals surface area contributed by atoms with Gasteiger partial charge in [0.05, 0.1) is 5.60 Å². The largest absolute Gasteiger partial charge is 0.389 e. The first-order valence-electron chi connectivity index (χ1n) is 4.65. The van der Waals surface area contributed by atoms with Gasteiger partial charge in [-0.25, -0.2) is 0 Å². The summed E-state index contributed by atoms with van der Waals surface area (Å²) in [5.74, 6) is 0. The lowest BCUT2D eigenvalue weighted by Gasteiger charge is -2.31. The van der Waals surface area contributed by atoms with Crippen molar-refractivity contribution in [3.8, 4) is 0 Å². The van der Waals surface area contributed by atoms with Gasteiger partial charge < -0.3 is 10.8 Å². The third-order valence-corrected chi connectivity index (χ3v) is 3.66. The lowest BCUT2D eigenvalue weighted by Crippen LogP contribution is -2.41. The summed E-state index contributed by atoms with van der Waals surface area (Å²) in [6, 6.07) is 0. The van der Waals surface area contributed by atoms with Crippen LogP contribution in [0.3, 0.4) is 0 Å². The Kier molecular flexibility index (Phi) is 1.52. The van der Waals surface area contributed by atoms with Crippen molar-refractivity contribution in [2.24, 2.45) is 11.1 Å². The smallest absolute Gasteiger partial charge is 0.0715 e. The van der Waals surface area contributed by atoms with Crippen LogP contribution in [-0.4, -0.2) is 17.3 Å². The van der Waals surface area contributed by atoms with Gasteiger partial charge in [-0.05, 0) is 25.7 Å². The predicted octanol–water partition coefficient (Wildman–Crippen LogP) is 1.03. The number of rotatable bonds is 2. The Hall–Kier alpha value is -0.0800. The van der Waals surface area contributed by atoms with Crippen molar-refractivity contribution in [1.29, 1.82) is 0 Å². The highest BCUT2D eigenvalue weighted by atomic mass is 16.3. The number of nitrogens with two attached hydrogens (primary N) is 1. The molecule has 2 nitrogen and oxygen atoms in total. The second-order valence-corrected chi connectivity index (χ2v) is 4.22. The van der Waals surface area contributed by atoms with Crippen molar-refractivity contribution in [2.45, 2.75) is 44.1 Å². The van der Waals surface area contributed by atoms with Gasteiger partial charge in [0, 0.05) is 12.0 Å². The van der Waals surface area contributed by atoms with Gasteiger partial charge in [0.15, 0.2) is 0 Å². The first-order valence-corrected chi connectivity index (χ1v) is 4.65. The topological polar surface area (TPSA) is 46.2 Å². The first-order chi connectivity index (χ1) is 5.22. The molecule has 0 heterocycles. The summed E-state index contributed by atoms with van der Waals surface area (Å²) in [6.07, 6.45) is 6.67. The van der Waals surface area contributed by atoms with Gasteiger partial charge in [0.1, 0.15) is 0 Å². The van der Waals surface area contributed by atoms with Crippen LogP contribution >= 0.6 is 0 Å². The molecule has 64 valence electrons. The molecule has 0 saturated heterocycles. The van der Waals surface area contributed by atoms with Crippen LogP contribution in [-0.2, 0) is 0 Å². The molecule has 0 spiro atoms. The Balaban J connectivity index is 2.12. The highest BCUT2D eigenvalue weighted by Crippen LogP contribution is 2.58. The van der Waals surface area contributed by atoms with E-state index in [-0.39, 0.29) is 11.0 Å². The van der Waals surface area contributed by atoms with Crippen molar-refractivity contribution in [1.82, 2.24) is 0 Å². The fourth-order valence-electron chi connectivity index (χ4n) is 2.50. The van der Waals surface area contributed by atoms with E-state index in [0.29, 0.717) is 6.54 Å². The minimum absolute atomic E-state index is 0.142. The van der Waals surface area contributed by atoms with E-state index in [0.717, 1.165) is 25.7 Å². The average molecular weight is 155 g/mol. The third kappa shape index (κ3) is 0.926. The quantitative estimate of drug-likeness (QED) is 0.625. The molecule has 0 radical (unpaired) electrons. The Morgan fingerprint density at radius 3 is 2.00 bits per heavy atom. The van der Waals surface area contributed by atoms with Gasteiger partial charge in [-0.2, -0.15) is 0 Å². The minimum Gasteiger partial charge on any atom is -0.389 e. The minimum atomic E-state index is -0.373. The summed E-state index contributed by atoms with van der Waals surface area (Å²) in [6.45, 7) is 0.684. The maximum atomic E-state index is 10.2. The molecule has 0 bridgehead atoms. The molecule has 2 heteroatoms. The van der Waals surface area contributed by atoms with E-state index >= 15 is 0 Å². The SMILES string of the molecule is NCC1(C2(O)CCCC2)CC1. The molecule has 0 atom stereocenters. The maximum absolute atomic E-state index is 10.2. The molecule has 0 aliphatic heterocycles. The fraction of sp³-hybridized carbons (Fsp3) is 1.00. The molecule has 3 N–H and O–H groups in total. The van der Waals surface area contributed by atoms with Crippen LogP contribution in [0.25, 0.3) is 0 Å². The van der Waals surface area contributed by atoms with E-state index in [2.05, 4.69) is 0 Å². The van der Waals surface area contributed by atoms with Crippen LogP contribution in [0.15, 0.2) is 0 Å². The van der Waals surface area contributed by atoms with E-state index in [1.807, 2.05) is 0 Å². The predicted molar refractivity (Wildman–Crippen MR) is 44.1 cm³/mol. The van der Waals surface area contributed by atoms with Crippen LogP contribution in [0.1, 0.15) is 38.5 Å². The van der Waals surface area contributed by atoms with E-state index in [4.69, 9.17) is 5.73 Å². The van der Waals surface area contributed by atoms with E-state index in [1.165, 1.54) is 12.8 Å². The molecular weight excluding hydrogens is 138 g/mol. The molecule has 0 amide bonds. The van der Waals surface area contributed by atoms with Crippen molar-refractivity contribution >= 4 is 0 Å². The number of hydrogen-bond acceptors (Lipinski definition) is 2. The third-order valence-electron chi connectivity index (χ3n) is 3.66. The second kappa shape index (κ2) is 2.20. The molecular formula is C9H17NO. The Morgan fingerprint density at radius 1 is 1.09 bits per heavy atom. The summed E-state index contributed by atoms with van der Waals surface area (Å²) in [5, 5.41) is 10.2. The number of hydrogen-bond donors (Lipinski definition) is 2. The zero-order valence-electron chi connectivity index (χ0n) is 6.97. The Labute approximate surface area is 67.8 Å². The molecule has 2 aliphatic rings. The van der Waals surface area contributed by atoms with Gasteiger partial charge in [0.2, 0.25) is 0 Å². The highest BCUT2D eigenvalue weighted by Gasteiger charge is 2.58. The lowest BCUT2D eigenvalue weighted by molar-refractivity contribution is -0.0228. The molecule has 0 aromatic carbocycles. The molecule has 0 unspecified atom stereocenters. The first kappa shape index (κ1) is 7.56. The average Bonchev–Trinajstić information content (AvgIpc) is 2.71. The summed E-state index contributed by atoms with van der Waals surface area (Å²) in [5.41, 5.74) is 5.44. The Morgan fingerprint density at radius 2 is 1.64 bits per heavy atom. The molecule has 2 fully saturated rings. The van der Waals surface area contributed by atoms with Crippen molar-refractivity contribution in [2.75, 3.05) is 6.54 Å². The summed E-state index contributed by atoms with van der Waals surface area (Å²) in [4.78, 5) is 0. The summed E-state index contributed by atoms with van der Waals surface area (Å²) in [7, 11) is 0. The highest BCUT2D eigenvalue weighted by molar-refractivity contribution is 5.10. The molecule has 2 aliphatic carbocycles. The van der Waals surface area contributed by atoms with Crippen molar-refractivity contribution in [3.05, 3.63) is 0 Å². The van der Waals surface area contributed by atoms with Crippen LogP contribution in [0.5, 0.6) is 0 Å². The van der Waals surface area contributed by atoms with Gasteiger partial charge >= 0.3 is 0 Å². The van der Waals surface area contributed by atoms with E-state index < -0.39 is 0 Å². The zero-order chi connectivity index (χ0) is 7.95. The lowest BCUT2D eigenvalue weighted by atomic mass is 9.83. The van der Waals surface area contributed by atoms with Gasteiger partial charge in [-0.1, -0.05) is 12.8 Å². The Bertz CT molecular complexity index is 157. The second-order valence-electron chi connectivity index (χ2n) is 4.22. The molecule has 2 rings (SSSR count). The van der Waals surface area contributed by atoms with Crippen molar-refractivity contribution in [3.63, 3.8) is 0 Å². The van der Waals surface area contributed by atoms with E-state index in [1.54, 1.807) is 0 Å². The van der Waals surface area contributed by atoms with Gasteiger partial charge in [-0.3, -0.25) is 0 Å². The summed E-state index contributed by atoms with van der Waals surface area (Å²) >= 11 is 0. The van der Waals surface area contributed by atoms with Gasteiger partial charge in [-0.15, -0.1) is 0 Å². The van der Waals surface area contributed by atoms with Crippen LogP contribution in [0.2, 0.25) is 0 Å². The van der Waals surface area contributed by atoms with Crippen LogP contribution in [0.4, 0.5) is 0 Å². The molecule has 0 aromatic heterocycles. The fourth-order valence-corrected chi connectivity index (χ4v) is 2.50. The summed E-state index contributed by atoms with van der Waals surface area (Å²) < 4.78 is 0. The van der Waals surface area contributed by atoms with Crippen molar-refractivity contribution < 1.29 is 5.11 Å². The van der Waals surface area contributed by atoms with Gasteiger partial charge in [0.25, 0.3) is 0 Å². The maximum Gasteiger partial charge on any atom is 0.0715 e. The zero-order valence-corrected chi connectivity index (χ0v) is 6.97. The number of aliphatic hydroxyl groups is 1. The van der Waals surface area contributed by atoms with Crippen LogP contribution in [0, 0.1) is 5.41 Å². The monoisotopic (exact) mass is 155 g/mol. The normalized spacial score (nSPS) is 32.2.